The van der Waals surface area contributed by atoms with Crippen LogP contribution in [0.1, 0.15) is 30.9 Å². The number of unbranched alkanes of at least 4 members (excludes halogenated alkanes) is 1. The Labute approximate surface area is 190 Å². The summed E-state index contributed by atoms with van der Waals surface area (Å²) in [5, 5.41) is 14.3. The number of hydrogen-bond donors (Lipinski definition) is 1. The molecule has 2 rings (SSSR count). The molecule has 0 aromatic heterocycles. The van der Waals surface area contributed by atoms with Crippen molar-refractivity contribution in [1.29, 1.82) is 0 Å². The number of nitrogens with zero attached hydrogens (tertiary/aromatic N) is 2. The minimum Gasteiger partial charge on any atom is -0.371 e. The minimum absolute atomic E-state index is 0.179. The summed E-state index contributed by atoms with van der Waals surface area (Å²) >= 11 is 2.02. The van der Waals surface area contributed by atoms with Gasteiger partial charge in [-0.1, -0.05) is 22.6 Å². The molecule has 1 aliphatic heterocycles. The zero-order valence-corrected chi connectivity index (χ0v) is 18.5. The molecule has 0 radical (unpaired) electrons. The summed E-state index contributed by atoms with van der Waals surface area (Å²) in [6.45, 7) is 0.760. The lowest BCUT2D eigenvalue weighted by Crippen LogP contribution is -2.48. The molecule has 3 unspecified atom stereocenters. The molecule has 32 heavy (non-hydrogen) atoms. The predicted molar refractivity (Wildman–Crippen MR) is 105 cm³/mol. The van der Waals surface area contributed by atoms with Gasteiger partial charge < -0.3 is 9.84 Å². The second-order valence-corrected chi connectivity index (χ2v) is 8.06. The zero-order valence-electron chi connectivity index (χ0n) is 16.3. The summed E-state index contributed by atoms with van der Waals surface area (Å²) in [6.07, 6.45) is -19.3. The lowest BCUT2D eigenvalue weighted by Gasteiger charge is -2.31. The average Bonchev–Trinajstić information content (AvgIpc) is 2.93. The summed E-state index contributed by atoms with van der Waals surface area (Å²) < 4.78 is 125. The van der Waals surface area contributed by atoms with Crippen LogP contribution in [0.5, 0.6) is 0 Å². The maximum Gasteiger partial charge on any atom is 0.418 e. The normalized spacial score (nSPS) is 21.1. The summed E-state index contributed by atoms with van der Waals surface area (Å²) in [7, 11) is 0. The van der Waals surface area contributed by atoms with Crippen molar-refractivity contribution in [2.75, 3.05) is 16.0 Å². The molecule has 1 heterocycles. The highest BCUT2D eigenvalue weighted by Gasteiger charge is 2.53. The standard InChI is InChI=1S/C18H18F9IN2O2/c1-9-13(14(18(25,26)27)32-7-3-2-6-28)15(31)30(29-9)12-5-4-10(16(19,20)21)8-11(12)17(22,23)24/h4-5,8,13-15,31H,2-3,6-7H2,1H3. The Morgan fingerprint density at radius 3 is 2.19 bits per heavy atom. The number of hydrazone groups is 1. The van der Waals surface area contributed by atoms with E-state index in [2.05, 4.69) is 5.10 Å². The molecule has 0 fully saturated rings. The van der Waals surface area contributed by atoms with E-state index in [1.54, 1.807) is 0 Å². The number of anilines is 1. The SMILES string of the molecule is CC1=NN(c2ccc(C(F)(F)F)cc2C(F)(F)F)C(O)C1C(OCCCCI)C(F)(F)F. The van der Waals surface area contributed by atoms with Gasteiger partial charge in [-0.3, -0.25) is 0 Å². The number of benzene rings is 1. The van der Waals surface area contributed by atoms with Gasteiger partial charge in [0.15, 0.2) is 12.3 Å². The van der Waals surface area contributed by atoms with Crippen molar-refractivity contribution in [1.82, 2.24) is 0 Å². The highest BCUT2D eigenvalue weighted by molar-refractivity contribution is 14.1. The van der Waals surface area contributed by atoms with E-state index in [-0.39, 0.29) is 29.8 Å². The van der Waals surface area contributed by atoms with Gasteiger partial charge >= 0.3 is 18.5 Å². The molecule has 0 aliphatic carbocycles. The average molecular weight is 592 g/mol. The molecule has 3 atom stereocenters. The van der Waals surface area contributed by atoms with Gasteiger partial charge in [0.25, 0.3) is 0 Å². The van der Waals surface area contributed by atoms with Crippen molar-refractivity contribution in [2.45, 2.75) is 50.6 Å². The van der Waals surface area contributed by atoms with Gasteiger partial charge in [-0.05, 0) is 42.4 Å². The smallest absolute Gasteiger partial charge is 0.371 e. The molecule has 0 spiro atoms. The fourth-order valence-corrected chi connectivity index (χ4v) is 3.72. The van der Waals surface area contributed by atoms with Crippen LogP contribution in [0.4, 0.5) is 45.2 Å². The molecule has 1 aliphatic rings. The second kappa shape index (κ2) is 9.91. The summed E-state index contributed by atoms with van der Waals surface area (Å²) in [5.41, 5.74) is -4.78. The number of hydrogen-bond acceptors (Lipinski definition) is 4. The quantitative estimate of drug-likeness (QED) is 0.183. The van der Waals surface area contributed by atoms with Crippen molar-refractivity contribution in [3.63, 3.8) is 0 Å². The van der Waals surface area contributed by atoms with Crippen LogP contribution in [0.25, 0.3) is 0 Å². The van der Waals surface area contributed by atoms with Gasteiger partial charge in [-0.2, -0.15) is 44.6 Å². The first-order valence-corrected chi connectivity index (χ1v) is 10.7. The number of alkyl halides is 10. The maximum atomic E-state index is 13.6. The van der Waals surface area contributed by atoms with E-state index in [0.717, 1.165) is 6.92 Å². The van der Waals surface area contributed by atoms with Crippen molar-refractivity contribution in [3.05, 3.63) is 29.3 Å². The highest BCUT2D eigenvalue weighted by Crippen LogP contribution is 2.44. The molecule has 0 saturated carbocycles. The Hall–Kier alpha value is -1.29. The number of halogens is 10. The predicted octanol–water partition coefficient (Wildman–Crippen LogP) is 6.02. The van der Waals surface area contributed by atoms with Crippen LogP contribution in [0, 0.1) is 5.92 Å². The molecule has 4 nitrogen and oxygen atoms in total. The van der Waals surface area contributed by atoms with E-state index >= 15 is 0 Å². The van der Waals surface area contributed by atoms with Crippen LogP contribution < -0.4 is 5.01 Å². The molecular weight excluding hydrogens is 574 g/mol. The van der Waals surface area contributed by atoms with E-state index < -0.39 is 53.6 Å². The van der Waals surface area contributed by atoms with Crippen molar-refractivity contribution < 1.29 is 49.4 Å². The first kappa shape index (κ1) is 27.0. The number of aliphatic hydroxyl groups is 1. The Morgan fingerprint density at radius 2 is 1.69 bits per heavy atom. The zero-order chi connectivity index (χ0) is 24.5. The summed E-state index contributed by atoms with van der Waals surface area (Å²) in [5.74, 6) is -1.88. The van der Waals surface area contributed by atoms with Gasteiger partial charge in [0.2, 0.25) is 0 Å². The first-order chi connectivity index (χ1) is 14.6. The lowest BCUT2D eigenvalue weighted by atomic mass is 9.95. The van der Waals surface area contributed by atoms with Crippen LogP contribution in [0.3, 0.4) is 0 Å². The molecule has 0 amide bonds. The molecule has 14 heteroatoms. The first-order valence-electron chi connectivity index (χ1n) is 9.14. The molecule has 1 aromatic carbocycles. The molecule has 0 saturated heterocycles. The van der Waals surface area contributed by atoms with Gasteiger partial charge in [-0.15, -0.1) is 0 Å². The maximum absolute atomic E-state index is 13.6. The summed E-state index contributed by atoms with van der Waals surface area (Å²) in [4.78, 5) is 0. The molecule has 0 bridgehead atoms. The summed E-state index contributed by atoms with van der Waals surface area (Å²) in [6, 6.07) is 0.567. The number of ether oxygens (including phenoxy) is 1. The van der Waals surface area contributed by atoms with Crippen molar-refractivity contribution >= 4 is 34.0 Å². The van der Waals surface area contributed by atoms with Crippen LogP contribution >= 0.6 is 22.6 Å². The van der Waals surface area contributed by atoms with Crippen LogP contribution in [-0.2, 0) is 17.1 Å². The Morgan fingerprint density at radius 1 is 1.06 bits per heavy atom. The van der Waals surface area contributed by atoms with E-state index in [0.29, 0.717) is 23.0 Å². The topological polar surface area (TPSA) is 45.1 Å². The van der Waals surface area contributed by atoms with Crippen molar-refractivity contribution in [2.24, 2.45) is 11.0 Å². The van der Waals surface area contributed by atoms with E-state index in [4.69, 9.17) is 4.74 Å². The number of rotatable bonds is 7. The second-order valence-electron chi connectivity index (χ2n) is 6.98. The van der Waals surface area contributed by atoms with Gasteiger partial charge in [0.1, 0.15) is 0 Å². The van der Waals surface area contributed by atoms with Crippen molar-refractivity contribution in [3.8, 4) is 0 Å². The molecular formula is C18H18F9IN2O2. The third-order valence-electron chi connectivity index (χ3n) is 4.67. The molecule has 1 N–H and O–H groups in total. The lowest BCUT2D eigenvalue weighted by molar-refractivity contribution is -0.236. The van der Waals surface area contributed by atoms with Gasteiger partial charge in [-0.25, -0.2) is 5.01 Å². The molecule has 1 aromatic rings. The van der Waals surface area contributed by atoms with Crippen LogP contribution in [0.2, 0.25) is 0 Å². The fourth-order valence-electron chi connectivity index (χ4n) is 3.18. The largest absolute Gasteiger partial charge is 0.418 e. The monoisotopic (exact) mass is 592 g/mol. The third-order valence-corrected chi connectivity index (χ3v) is 5.43. The van der Waals surface area contributed by atoms with Crippen LogP contribution in [0.15, 0.2) is 23.3 Å². The van der Waals surface area contributed by atoms with Crippen LogP contribution in [-0.4, -0.2) is 40.4 Å². The van der Waals surface area contributed by atoms with E-state index in [9.17, 15) is 44.6 Å². The van der Waals surface area contributed by atoms with Gasteiger partial charge in [0.05, 0.1) is 22.7 Å². The fraction of sp³-hybridized carbons (Fsp3) is 0.611. The highest BCUT2D eigenvalue weighted by atomic mass is 127. The Bertz CT molecular complexity index is 824. The Balaban J connectivity index is 2.43. The van der Waals surface area contributed by atoms with Gasteiger partial charge in [0, 0.05) is 12.3 Å². The Kier molecular flexibility index (Phi) is 8.35. The molecule has 182 valence electrons. The third kappa shape index (κ3) is 6.18. The van der Waals surface area contributed by atoms with E-state index in [1.807, 2.05) is 22.6 Å². The minimum atomic E-state index is -5.29. The van der Waals surface area contributed by atoms with E-state index in [1.165, 1.54) is 0 Å². The number of aliphatic hydroxyl groups excluding tert-OH is 1.